The second-order valence-electron chi connectivity index (χ2n) is 6.02. The highest BCUT2D eigenvalue weighted by Gasteiger charge is 2.26. The van der Waals surface area contributed by atoms with Crippen LogP contribution in [0.3, 0.4) is 0 Å². The number of aromatic nitrogens is 5. The molecule has 4 aromatic heterocycles. The molecule has 0 aliphatic carbocycles. The Labute approximate surface area is 150 Å². The van der Waals surface area contributed by atoms with Crippen molar-refractivity contribution in [2.24, 2.45) is 0 Å². The fourth-order valence-corrected chi connectivity index (χ4v) is 4.43. The van der Waals surface area contributed by atoms with Crippen molar-refractivity contribution < 1.29 is 9.90 Å². The number of carbonyl (C=O) groups is 1. The van der Waals surface area contributed by atoms with Crippen LogP contribution in [0, 0.1) is 0 Å². The van der Waals surface area contributed by atoms with Crippen molar-refractivity contribution in [2.75, 3.05) is 11.9 Å². The lowest BCUT2D eigenvalue weighted by molar-refractivity contribution is 0.140. The minimum Gasteiger partial charge on any atom is -0.465 e. The number of carboxylic acid groups (broad SMARTS) is 1. The van der Waals surface area contributed by atoms with E-state index < -0.39 is 6.09 Å². The molecule has 26 heavy (non-hydrogen) atoms. The van der Waals surface area contributed by atoms with Gasteiger partial charge in [-0.25, -0.2) is 19.7 Å². The Hall–Kier alpha value is -3.27. The van der Waals surface area contributed by atoms with E-state index in [0.29, 0.717) is 25.3 Å². The zero-order valence-corrected chi connectivity index (χ0v) is 14.2. The lowest BCUT2D eigenvalue weighted by Gasteiger charge is -2.24. The van der Waals surface area contributed by atoms with Gasteiger partial charge in [0.1, 0.15) is 17.0 Å². The van der Waals surface area contributed by atoms with E-state index in [2.05, 4.69) is 30.5 Å². The van der Waals surface area contributed by atoms with Crippen molar-refractivity contribution in [3.63, 3.8) is 0 Å². The first-order valence-electron chi connectivity index (χ1n) is 7.98. The summed E-state index contributed by atoms with van der Waals surface area (Å²) >= 11 is 1.52. The summed E-state index contributed by atoms with van der Waals surface area (Å²) in [4.78, 5) is 27.7. The van der Waals surface area contributed by atoms with Crippen LogP contribution in [0.25, 0.3) is 21.3 Å². The predicted molar refractivity (Wildman–Crippen MR) is 96.7 cm³/mol. The zero-order chi connectivity index (χ0) is 17.7. The topological polar surface area (TPSA) is 120 Å². The lowest BCUT2D eigenvalue weighted by Crippen LogP contribution is -2.34. The number of fused-ring (bicyclic) bond motifs is 4. The molecule has 0 spiro atoms. The third-order valence-corrected chi connectivity index (χ3v) is 5.59. The molecule has 1 aliphatic rings. The van der Waals surface area contributed by atoms with Gasteiger partial charge in [0.05, 0.1) is 30.0 Å². The Balaban J connectivity index is 1.57. The van der Waals surface area contributed by atoms with E-state index in [0.717, 1.165) is 37.4 Å². The molecule has 0 bridgehead atoms. The maximum atomic E-state index is 11.2. The van der Waals surface area contributed by atoms with Crippen LogP contribution >= 0.6 is 11.3 Å². The first kappa shape index (κ1) is 15.0. The number of pyridine rings is 1. The van der Waals surface area contributed by atoms with Gasteiger partial charge in [-0.2, -0.15) is 5.10 Å². The van der Waals surface area contributed by atoms with Crippen molar-refractivity contribution in [3.05, 3.63) is 35.2 Å². The van der Waals surface area contributed by atoms with E-state index in [9.17, 15) is 9.90 Å². The fourth-order valence-electron chi connectivity index (χ4n) is 3.23. The molecule has 0 atom stereocenters. The molecule has 3 N–H and O–H groups in total. The van der Waals surface area contributed by atoms with E-state index in [1.54, 1.807) is 12.4 Å². The number of aromatic amines is 1. The molecule has 5 rings (SSSR count). The van der Waals surface area contributed by atoms with Gasteiger partial charge >= 0.3 is 6.09 Å². The van der Waals surface area contributed by atoms with Gasteiger partial charge in [-0.1, -0.05) is 0 Å². The molecule has 10 heteroatoms. The molecule has 0 unspecified atom stereocenters. The summed E-state index contributed by atoms with van der Waals surface area (Å²) in [7, 11) is 0. The Kier molecular flexibility index (Phi) is 3.25. The van der Waals surface area contributed by atoms with Crippen LogP contribution < -0.4 is 5.32 Å². The number of anilines is 2. The van der Waals surface area contributed by atoms with Crippen LogP contribution in [0.2, 0.25) is 0 Å². The summed E-state index contributed by atoms with van der Waals surface area (Å²) < 4.78 is 0. The number of hydrogen-bond acceptors (Lipinski definition) is 7. The molecule has 0 radical (unpaired) electrons. The molecule has 0 saturated heterocycles. The summed E-state index contributed by atoms with van der Waals surface area (Å²) in [6, 6.07) is 1.95. The van der Waals surface area contributed by atoms with Gasteiger partial charge in [0.2, 0.25) is 0 Å². The Bertz CT molecular complexity index is 1150. The Morgan fingerprint density at radius 1 is 1.31 bits per heavy atom. The standard InChI is InChI=1S/C16H13N7O2S/c24-16(25)23-2-1-10-11(6-23)26-15-12(10)14(18-7-19-15)21-9-3-8-4-20-22-13(8)17-5-9/h3-5,7H,1-2,6H2,(H,24,25)(H,17,20,22)(H,18,19,21). The molecule has 0 aromatic carbocycles. The van der Waals surface area contributed by atoms with E-state index >= 15 is 0 Å². The maximum absolute atomic E-state index is 11.2. The fraction of sp³-hybridized carbons (Fsp3) is 0.188. The van der Waals surface area contributed by atoms with Gasteiger partial charge in [-0.05, 0) is 18.1 Å². The van der Waals surface area contributed by atoms with Crippen LogP contribution in [0.15, 0.2) is 24.8 Å². The summed E-state index contributed by atoms with van der Waals surface area (Å²) in [5.41, 5.74) is 2.66. The largest absolute Gasteiger partial charge is 0.465 e. The van der Waals surface area contributed by atoms with E-state index in [-0.39, 0.29) is 0 Å². The lowest BCUT2D eigenvalue weighted by atomic mass is 10.1. The Morgan fingerprint density at radius 3 is 3.12 bits per heavy atom. The van der Waals surface area contributed by atoms with Gasteiger partial charge in [0, 0.05) is 16.8 Å². The van der Waals surface area contributed by atoms with Crippen molar-refractivity contribution in [1.82, 2.24) is 30.0 Å². The van der Waals surface area contributed by atoms with E-state index in [4.69, 9.17) is 0 Å². The van der Waals surface area contributed by atoms with Gasteiger partial charge < -0.3 is 15.3 Å². The molecule has 5 heterocycles. The number of nitrogens with one attached hydrogen (secondary N) is 2. The normalized spacial score (nSPS) is 13.9. The molecule has 9 nitrogen and oxygen atoms in total. The van der Waals surface area contributed by atoms with Crippen molar-refractivity contribution in [3.8, 4) is 0 Å². The SMILES string of the molecule is O=C(O)N1CCc2c(sc3ncnc(Nc4cnc5[nH]ncc5c4)c23)C1. The second-order valence-corrected chi connectivity index (χ2v) is 7.10. The highest BCUT2D eigenvalue weighted by Crippen LogP contribution is 2.38. The molecule has 130 valence electrons. The first-order chi connectivity index (χ1) is 12.7. The Morgan fingerprint density at radius 2 is 2.23 bits per heavy atom. The number of thiophene rings is 1. The van der Waals surface area contributed by atoms with Crippen molar-refractivity contribution in [2.45, 2.75) is 13.0 Å². The molecule has 0 fully saturated rings. The maximum Gasteiger partial charge on any atom is 0.407 e. The molecular weight excluding hydrogens is 354 g/mol. The molecule has 4 aromatic rings. The third-order valence-electron chi connectivity index (χ3n) is 4.46. The van der Waals surface area contributed by atoms with Crippen LogP contribution in [0.5, 0.6) is 0 Å². The van der Waals surface area contributed by atoms with E-state index in [1.807, 2.05) is 6.07 Å². The smallest absolute Gasteiger partial charge is 0.407 e. The molecule has 1 aliphatic heterocycles. The average molecular weight is 367 g/mol. The monoisotopic (exact) mass is 367 g/mol. The number of rotatable bonds is 2. The first-order valence-corrected chi connectivity index (χ1v) is 8.80. The average Bonchev–Trinajstić information content (AvgIpc) is 3.25. The van der Waals surface area contributed by atoms with Gasteiger partial charge in [0.15, 0.2) is 5.65 Å². The summed E-state index contributed by atoms with van der Waals surface area (Å²) in [5, 5.41) is 21.2. The molecule has 1 amide bonds. The van der Waals surface area contributed by atoms with Gasteiger partial charge in [-0.15, -0.1) is 11.3 Å². The predicted octanol–water partition coefficient (Wildman–Crippen LogP) is 2.74. The minimum absolute atomic E-state index is 0.396. The zero-order valence-electron chi connectivity index (χ0n) is 13.4. The highest BCUT2D eigenvalue weighted by atomic mass is 32.1. The minimum atomic E-state index is -0.892. The number of H-pyrrole nitrogens is 1. The summed E-state index contributed by atoms with van der Waals surface area (Å²) in [5.74, 6) is 0.709. The number of amides is 1. The third kappa shape index (κ3) is 2.34. The molecular formula is C16H13N7O2S. The van der Waals surface area contributed by atoms with Crippen LogP contribution in [0.1, 0.15) is 10.4 Å². The van der Waals surface area contributed by atoms with Gasteiger partial charge in [0.25, 0.3) is 0 Å². The summed E-state index contributed by atoms with van der Waals surface area (Å²) in [6.07, 6.45) is 4.72. The van der Waals surface area contributed by atoms with Crippen molar-refractivity contribution >= 4 is 50.2 Å². The van der Waals surface area contributed by atoms with Crippen LogP contribution in [0.4, 0.5) is 16.3 Å². The van der Waals surface area contributed by atoms with Crippen LogP contribution in [-0.2, 0) is 13.0 Å². The van der Waals surface area contributed by atoms with Crippen molar-refractivity contribution in [1.29, 1.82) is 0 Å². The number of hydrogen-bond donors (Lipinski definition) is 3. The van der Waals surface area contributed by atoms with E-state index in [1.165, 1.54) is 22.6 Å². The number of nitrogens with zero attached hydrogens (tertiary/aromatic N) is 5. The summed E-state index contributed by atoms with van der Waals surface area (Å²) in [6.45, 7) is 0.874. The quantitative estimate of drug-likeness (QED) is 0.498. The van der Waals surface area contributed by atoms with Crippen LogP contribution in [-0.4, -0.2) is 47.8 Å². The van der Waals surface area contributed by atoms with Gasteiger partial charge in [-0.3, -0.25) is 5.10 Å². The molecule has 0 saturated carbocycles. The second kappa shape index (κ2) is 5.63. The highest BCUT2D eigenvalue weighted by molar-refractivity contribution is 7.19.